The Labute approximate surface area is 244 Å². The maximum absolute atomic E-state index is 10.5. The van der Waals surface area contributed by atoms with Crippen LogP contribution in [0.5, 0.6) is 0 Å². The number of hydrogen-bond donors (Lipinski definition) is 0. The molecule has 3 heteroatoms. The molecule has 2 aliphatic carbocycles. The number of aryl methyl sites for hydroxylation is 2. The molecule has 2 aromatic heterocycles. The van der Waals surface area contributed by atoms with Crippen LogP contribution in [0.4, 0.5) is 0 Å². The molecule has 5 aromatic rings. The quantitative estimate of drug-likeness (QED) is 0.214. The number of fused-ring (bicyclic) bond motifs is 4. The molecule has 0 amide bonds. The summed E-state index contributed by atoms with van der Waals surface area (Å²) in [5.41, 5.74) is 11.2. The monoisotopic (exact) mass is 540 g/mol. The molecule has 0 atom stereocenters. The van der Waals surface area contributed by atoms with Crippen LogP contribution in [0.1, 0.15) is 94.9 Å². The largest absolute Gasteiger partial charge is 0.454 e. The van der Waals surface area contributed by atoms with Crippen molar-refractivity contribution < 1.29 is 10.4 Å². The van der Waals surface area contributed by atoms with Gasteiger partial charge in [-0.25, -0.2) is 4.57 Å². The molecule has 7 rings (SSSR count). The van der Waals surface area contributed by atoms with Gasteiger partial charge in [0.05, 0.1) is 17.2 Å². The van der Waals surface area contributed by atoms with E-state index in [1.54, 1.807) is 0 Å². The van der Waals surface area contributed by atoms with Gasteiger partial charge in [-0.3, -0.25) is 0 Å². The van der Waals surface area contributed by atoms with Gasteiger partial charge in [-0.15, -0.1) is 0 Å². The second-order valence-corrected chi connectivity index (χ2v) is 13.6. The van der Waals surface area contributed by atoms with Gasteiger partial charge >= 0.3 is 0 Å². The molecule has 3 aromatic carbocycles. The first-order valence-corrected chi connectivity index (χ1v) is 15.0. The standard InChI is InChI=1S/C38H39N2O/c1-23-14-16-27-28-17-15-25(21-39)32(36(28)41-35(27)31(23)30-13-9-10-20-40(30)6)29-19-18-26(24-11-7-8-12-24)33-34(29)38(4,5)22-37(33,2)3/h9-10,13-20,24H,7-8,11-12,22H2,1-6H3/q+1/i24D. The van der Waals surface area contributed by atoms with Crippen molar-refractivity contribution in [2.45, 2.75) is 83.4 Å². The molecule has 2 aliphatic rings. The van der Waals surface area contributed by atoms with Gasteiger partial charge < -0.3 is 4.42 Å². The van der Waals surface area contributed by atoms with Crippen molar-refractivity contribution in [3.63, 3.8) is 0 Å². The second kappa shape index (κ2) is 9.05. The molecule has 206 valence electrons. The van der Waals surface area contributed by atoms with E-state index in [-0.39, 0.29) is 10.8 Å². The van der Waals surface area contributed by atoms with E-state index in [1.165, 1.54) is 16.7 Å². The molecule has 2 heterocycles. The van der Waals surface area contributed by atoms with E-state index in [9.17, 15) is 6.63 Å². The van der Waals surface area contributed by atoms with Crippen molar-refractivity contribution in [2.75, 3.05) is 0 Å². The molecule has 0 radical (unpaired) electrons. The average Bonchev–Trinajstić information content (AvgIpc) is 3.60. The van der Waals surface area contributed by atoms with E-state index >= 15 is 0 Å². The summed E-state index contributed by atoms with van der Waals surface area (Å²) < 4.78 is 18.6. The summed E-state index contributed by atoms with van der Waals surface area (Å²) in [6.45, 7) is 11.5. The highest BCUT2D eigenvalue weighted by atomic mass is 16.3. The minimum atomic E-state index is -0.540. The van der Waals surface area contributed by atoms with E-state index in [0.717, 1.165) is 82.0 Å². The first-order valence-electron chi connectivity index (χ1n) is 15.5. The Morgan fingerprint density at radius 2 is 1.56 bits per heavy atom. The zero-order valence-corrected chi connectivity index (χ0v) is 25.1. The van der Waals surface area contributed by atoms with Gasteiger partial charge in [-0.1, -0.05) is 64.8 Å². The number of nitriles is 1. The van der Waals surface area contributed by atoms with Crippen LogP contribution >= 0.6 is 0 Å². The van der Waals surface area contributed by atoms with Crippen LogP contribution in [0.2, 0.25) is 0 Å². The lowest BCUT2D eigenvalue weighted by Gasteiger charge is -2.27. The second-order valence-electron chi connectivity index (χ2n) is 13.6. The predicted molar refractivity (Wildman–Crippen MR) is 167 cm³/mol. The summed E-state index contributed by atoms with van der Waals surface area (Å²) in [4.78, 5) is 0. The van der Waals surface area contributed by atoms with Crippen LogP contribution in [0, 0.1) is 18.3 Å². The summed E-state index contributed by atoms with van der Waals surface area (Å²) in [7, 11) is 2.06. The molecular weight excluding hydrogens is 500 g/mol. The van der Waals surface area contributed by atoms with Crippen LogP contribution in [-0.2, 0) is 17.9 Å². The van der Waals surface area contributed by atoms with Gasteiger partial charge in [0.15, 0.2) is 6.20 Å². The molecule has 1 saturated carbocycles. The maximum Gasteiger partial charge on any atom is 0.216 e. The first-order chi connectivity index (χ1) is 20.0. The number of rotatable bonds is 3. The van der Waals surface area contributed by atoms with Crippen LogP contribution < -0.4 is 4.57 Å². The smallest absolute Gasteiger partial charge is 0.216 e. The fourth-order valence-electron chi connectivity index (χ4n) is 8.33. The molecule has 0 saturated heterocycles. The Kier molecular flexibility index (Phi) is 5.49. The third-order valence-electron chi connectivity index (χ3n) is 9.75. The highest BCUT2D eigenvalue weighted by Gasteiger charge is 2.46. The van der Waals surface area contributed by atoms with Crippen molar-refractivity contribution >= 4 is 21.9 Å². The molecule has 1 fully saturated rings. The highest BCUT2D eigenvalue weighted by molar-refractivity contribution is 6.14. The highest BCUT2D eigenvalue weighted by Crippen LogP contribution is 2.57. The number of furan rings is 1. The SMILES string of the molecule is [2H]C1(c2ccc(-c3c(C#N)ccc4c3oc3c(-c5cccc[n+]5C)c(C)ccc34)c3c2C(C)(C)CC3(C)C)CCCC1. The van der Waals surface area contributed by atoms with E-state index in [0.29, 0.717) is 5.56 Å². The van der Waals surface area contributed by atoms with Gasteiger partial charge in [0.2, 0.25) is 5.69 Å². The van der Waals surface area contributed by atoms with Crippen molar-refractivity contribution in [3.8, 4) is 28.5 Å². The number of hydrogen-bond acceptors (Lipinski definition) is 2. The zero-order chi connectivity index (χ0) is 29.6. The van der Waals surface area contributed by atoms with Crippen LogP contribution in [0.25, 0.3) is 44.3 Å². The summed E-state index contributed by atoms with van der Waals surface area (Å²) in [6, 6.07) is 21.5. The van der Waals surface area contributed by atoms with Crippen LogP contribution in [0.15, 0.2) is 65.2 Å². The van der Waals surface area contributed by atoms with Crippen molar-refractivity contribution in [2.24, 2.45) is 7.05 Å². The topological polar surface area (TPSA) is 40.8 Å². The number of aromatic nitrogens is 1. The fraction of sp³-hybridized carbons (Fsp3) is 0.368. The van der Waals surface area contributed by atoms with Crippen LogP contribution in [-0.4, -0.2) is 0 Å². The molecule has 0 aliphatic heterocycles. The summed E-state index contributed by atoms with van der Waals surface area (Å²) in [5.74, 6) is -0.540. The summed E-state index contributed by atoms with van der Waals surface area (Å²) in [6.07, 6.45) is 7.12. The van der Waals surface area contributed by atoms with Crippen molar-refractivity contribution in [1.29, 1.82) is 5.26 Å². The Bertz CT molecular complexity index is 1960. The lowest BCUT2D eigenvalue weighted by Crippen LogP contribution is -2.30. The number of pyridine rings is 1. The Hall–Kier alpha value is -3.90. The number of benzene rings is 3. The third kappa shape index (κ3) is 3.80. The fourth-order valence-corrected chi connectivity index (χ4v) is 8.33. The Morgan fingerprint density at radius 1 is 0.878 bits per heavy atom. The molecule has 0 N–H and O–H groups in total. The minimum absolute atomic E-state index is 0.0677. The molecular formula is C38H39N2O+. The van der Waals surface area contributed by atoms with E-state index in [4.69, 9.17) is 4.42 Å². The van der Waals surface area contributed by atoms with Gasteiger partial charge in [-0.2, -0.15) is 5.26 Å². The predicted octanol–water partition coefficient (Wildman–Crippen LogP) is 9.54. The molecule has 41 heavy (non-hydrogen) atoms. The van der Waals surface area contributed by atoms with E-state index < -0.39 is 5.89 Å². The molecule has 0 bridgehead atoms. The lowest BCUT2D eigenvalue weighted by atomic mass is 9.77. The average molecular weight is 541 g/mol. The van der Waals surface area contributed by atoms with Gasteiger partial charge in [0, 0.05) is 29.8 Å². The summed E-state index contributed by atoms with van der Waals surface area (Å²) >= 11 is 0. The maximum atomic E-state index is 10.5. The van der Waals surface area contributed by atoms with Crippen molar-refractivity contribution in [3.05, 3.63) is 88.6 Å². The minimum Gasteiger partial charge on any atom is -0.454 e. The lowest BCUT2D eigenvalue weighted by molar-refractivity contribution is -0.660. The Morgan fingerprint density at radius 3 is 2.27 bits per heavy atom. The molecule has 3 nitrogen and oxygen atoms in total. The summed E-state index contributed by atoms with van der Waals surface area (Å²) in [5, 5.41) is 12.5. The normalized spacial score (nSPS) is 18.9. The van der Waals surface area contributed by atoms with Crippen molar-refractivity contribution in [1.82, 2.24) is 0 Å². The molecule has 0 spiro atoms. The van der Waals surface area contributed by atoms with E-state index in [2.05, 4.69) is 94.9 Å². The Balaban J connectivity index is 1.59. The number of nitrogens with zero attached hydrogens (tertiary/aromatic N) is 2. The first kappa shape index (κ1) is 24.9. The van der Waals surface area contributed by atoms with Gasteiger partial charge in [0.1, 0.15) is 18.2 Å². The van der Waals surface area contributed by atoms with E-state index in [1.807, 2.05) is 18.2 Å². The zero-order valence-electron chi connectivity index (χ0n) is 26.1. The third-order valence-corrected chi connectivity index (χ3v) is 9.75. The molecule has 0 unspecified atom stereocenters. The van der Waals surface area contributed by atoms with Crippen LogP contribution in [0.3, 0.4) is 0 Å². The van der Waals surface area contributed by atoms with Gasteiger partial charge in [0.25, 0.3) is 0 Å². The van der Waals surface area contributed by atoms with Gasteiger partial charge in [-0.05, 0) is 88.9 Å².